The van der Waals surface area contributed by atoms with Gasteiger partial charge >= 0.3 is 0 Å². The van der Waals surface area contributed by atoms with Crippen molar-refractivity contribution in [1.29, 1.82) is 0 Å². The molecule has 0 bridgehead atoms. The van der Waals surface area contributed by atoms with Crippen molar-refractivity contribution >= 4 is 34.4 Å². The Balaban J connectivity index is 1.46. The second-order valence-electron chi connectivity index (χ2n) is 7.40. The van der Waals surface area contributed by atoms with E-state index in [0.717, 1.165) is 29.7 Å². The van der Waals surface area contributed by atoms with Gasteiger partial charge < -0.3 is 15.7 Å². The van der Waals surface area contributed by atoms with Crippen LogP contribution in [0.2, 0.25) is 0 Å². The predicted molar refractivity (Wildman–Crippen MR) is 117 cm³/mol. The highest BCUT2D eigenvalue weighted by Gasteiger charge is 2.29. The highest BCUT2D eigenvalue weighted by molar-refractivity contribution is 5.99. The van der Waals surface area contributed by atoms with Gasteiger partial charge in [-0.2, -0.15) is 10.1 Å². The van der Waals surface area contributed by atoms with Crippen molar-refractivity contribution in [2.45, 2.75) is 25.4 Å². The summed E-state index contributed by atoms with van der Waals surface area (Å²) in [5.41, 5.74) is 4.87. The molecule has 0 spiro atoms. The molecule has 1 aliphatic rings. The molecule has 0 saturated carbocycles. The largest absolute Gasteiger partial charge is 0.394 e. The van der Waals surface area contributed by atoms with E-state index in [1.807, 2.05) is 22.9 Å². The van der Waals surface area contributed by atoms with Gasteiger partial charge in [0.15, 0.2) is 11.2 Å². The number of aliphatic hydroxyl groups is 1. The summed E-state index contributed by atoms with van der Waals surface area (Å²) >= 11 is 0. The molecule has 11 heteroatoms. The minimum atomic E-state index is -0.237. The van der Waals surface area contributed by atoms with E-state index in [4.69, 9.17) is 5.11 Å². The lowest BCUT2D eigenvalue weighted by atomic mass is 10.1. The van der Waals surface area contributed by atoms with Crippen LogP contribution in [-0.4, -0.2) is 52.4 Å². The summed E-state index contributed by atoms with van der Waals surface area (Å²) in [6.45, 7) is 3.94. The lowest BCUT2D eigenvalue weighted by Crippen LogP contribution is -2.12. The number of aromatic nitrogens is 7. The Morgan fingerprint density at radius 1 is 1.34 bits per heavy atom. The minimum absolute atomic E-state index is 0.0102. The van der Waals surface area contributed by atoms with Crippen LogP contribution >= 0.6 is 0 Å². The molecule has 32 heavy (non-hydrogen) atoms. The van der Waals surface area contributed by atoms with Crippen molar-refractivity contribution in [2.24, 2.45) is 0 Å². The highest BCUT2D eigenvalue weighted by atomic mass is 16.3. The summed E-state index contributed by atoms with van der Waals surface area (Å²) < 4.78 is 3.44. The molecule has 1 atom stereocenters. The van der Waals surface area contributed by atoms with Crippen molar-refractivity contribution in [3.63, 3.8) is 0 Å². The maximum atomic E-state index is 11.8. The van der Waals surface area contributed by atoms with E-state index < -0.39 is 0 Å². The van der Waals surface area contributed by atoms with Crippen LogP contribution in [0.3, 0.4) is 0 Å². The first kappa shape index (κ1) is 19.8. The van der Waals surface area contributed by atoms with Crippen LogP contribution in [0.25, 0.3) is 11.2 Å². The summed E-state index contributed by atoms with van der Waals surface area (Å²) in [6.07, 6.45) is 7.92. The van der Waals surface area contributed by atoms with Crippen molar-refractivity contribution in [3.8, 4) is 0 Å². The highest BCUT2D eigenvalue weighted by Crippen LogP contribution is 2.38. The first-order chi connectivity index (χ1) is 15.7. The molecule has 3 aromatic heterocycles. The molecule has 0 aliphatic heterocycles. The Labute approximate surface area is 182 Å². The van der Waals surface area contributed by atoms with E-state index in [1.165, 1.54) is 6.08 Å². The molecule has 1 unspecified atom stereocenters. The standard InChI is InChI=1S/C21H21N9O2/c1-2-19(32)25-16-5-3-4-15-14(16)6-7-18(15)30-20-17(27-28-30)11-22-21(26-20)24-13-10-23-29(12-13)8-9-31/h2-5,10-12,18,31H,1,6-9H2,(H,25,32)(H,22,24,26). The number of amides is 1. The van der Waals surface area contributed by atoms with Gasteiger partial charge in [-0.1, -0.05) is 23.9 Å². The Morgan fingerprint density at radius 3 is 3.09 bits per heavy atom. The number of benzene rings is 1. The van der Waals surface area contributed by atoms with Gasteiger partial charge in [0.1, 0.15) is 0 Å². The lowest BCUT2D eigenvalue weighted by molar-refractivity contribution is -0.111. The second-order valence-corrected chi connectivity index (χ2v) is 7.40. The summed E-state index contributed by atoms with van der Waals surface area (Å²) in [6, 6.07) is 5.80. The molecule has 0 fully saturated rings. The third kappa shape index (κ3) is 3.58. The summed E-state index contributed by atoms with van der Waals surface area (Å²) in [7, 11) is 0. The molecule has 1 aromatic carbocycles. The van der Waals surface area contributed by atoms with Crippen LogP contribution in [0.1, 0.15) is 23.6 Å². The summed E-state index contributed by atoms with van der Waals surface area (Å²) in [5, 5.41) is 27.8. The number of carbonyl (C=O) groups is 1. The Hall–Kier alpha value is -4.12. The number of nitrogens with zero attached hydrogens (tertiary/aromatic N) is 7. The zero-order valence-corrected chi connectivity index (χ0v) is 17.1. The van der Waals surface area contributed by atoms with Gasteiger partial charge in [-0.3, -0.25) is 9.48 Å². The number of anilines is 3. The lowest BCUT2D eigenvalue weighted by Gasteiger charge is -2.14. The van der Waals surface area contributed by atoms with Gasteiger partial charge in [0.25, 0.3) is 0 Å². The number of rotatable bonds is 7. The van der Waals surface area contributed by atoms with Crippen LogP contribution in [-0.2, 0) is 17.8 Å². The van der Waals surface area contributed by atoms with Gasteiger partial charge in [0.05, 0.1) is 37.3 Å². The van der Waals surface area contributed by atoms with E-state index in [-0.39, 0.29) is 18.6 Å². The molecule has 3 N–H and O–H groups in total. The van der Waals surface area contributed by atoms with Gasteiger partial charge in [0.2, 0.25) is 11.9 Å². The topological polar surface area (TPSA) is 136 Å². The number of carbonyl (C=O) groups excluding carboxylic acids is 1. The number of aliphatic hydroxyl groups excluding tert-OH is 1. The second kappa shape index (κ2) is 8.19. The molecule has 162 valence electrons. The number of hydrogen-bond acceptors (Lipinski definition) is 8. The average molecular weight is 431 g/mol. The quantitative estimate of drug-likeness (QED) is 0.377. The molecular formula is C21H21N9O2. The van der Waals surface area contributed by atoms with Crippen molar-refractivity contribution in [3.05, 3.63) is 60.6 Å². The maximum absolute atomic E-state index is 11.8. The molecule has 4 aromatic rings. The van der Waals surface area contributed by atoms with E-state index in [2.05, 4.69) is 42.6 Å². The van der Waals surface area contributed by atoms with Crippen molar-refractivity contribution < 1.29 is 9.90 Å². The fourth-order valence-electron chi connectivity index (χ4n) is 3.98. The molecular weight excluding hydrogens is 410 g/mol. The van der Waals surface area contributed by atoms with E-state index in [0.29, 0.717) is 29.3 Å². The first-order valence-corrected chi connectivity index (χ1v) is 10.2. The molecule has 3 heterocycles. The van der Waals surface area contributed by atoms with E-state index in [1.54, 1.807) is 23.3 Å². The molecule has 11 nitrogen and oxygen atoms in total. The molecule has 0 radical (unpaired) electrons. The van der Waals surface area contributed by atoms with Crippen LogP contribution in [0.5, 0.6) is 0 Å². The third-order valence-electron chi connectivity index (χ3n) is 5.41. The Morgan fingerprint density at radius 2 is 2.25 bits per heavy atom. The fraction of sp³-hybridized carbons (Fsp3) is 0.238. The zero-order chi connectivity index (χ0) is 22.1. The van der Waals surface area contributed by atoms with Crippen molar-refractivity contribution in [2.75, 3.05) is 17.2 Å². The normalized spacial score (nSPS) is 15.0. The maximum Gasteiger partial charge on any atom is 0.247 e. The van der Waals surface area contributed by atoms with E-state index in [9.17, 15) is 4.79 Å². The zero-order valence-electron chi connectivity index (χ0n) is 17.1. The van der Waals surface area contributed by atoms with Crippen LogP contribution < -0.4 is 10.6 Å². The van der Waals surface area contributed by atoms with Crippen LogP contribution in [0, 0.1) is 0 Å². The monoisotopic (exact) mass is 431 g/mol. The Bertz CT molecular complexity index is 1310. The van der Waals surface area contributed by atoms with E-state index >= 15 is 0 Å². The molecule has 5 rings (SSSR count). The van der Waals surface area contributed by atoms with Gasteiger partial charge in [-0.05, 0) is 36.1 Å². The van der Waals surface area contributed by atoms with Gasteiger partial charge in [0, 0.05) is 11.9 Å². The summed E-state index contributed by atoms with van der Waals surface area (Å²) in [4.78, 5) is 20.7. The molecule has 1 aliphatic carbocycles. The number of fused-ring (bicyclic) bond motifs is 2. The fourth-order valence-corrected chi connectivity index (χ4v) is 3.98. The minimum Gasteiger partial charge on any atom is -0.394 e. The predicted octanol–water partition coefficient (Wildman–Crippen LogP) is 1.81. The number of nitrogens with one attached hydrogen (secondary N) is 2. The first-order valence-electron chi connectivity index (χ1n) is 10.2. The van der Waals surface area contributed by atoms with Gasteiger partial charge in [-0.15, -0.1) is 5.10 Å². The molecule has 0 saturated heterocycles. The van der Waals surface area contributed by atoms with Gasteiger partial charge in [-0.25, -0.2) is 9.67 Å². The average Bonchev–Trinajstić information content (AvgIpc) is 3.52. The SMILES string of the molecule is C=CC(=O)Nc1cccc2c1CCC2n1nnc2cnc(Nc3cnn(CCO)c3)nc21. The smallest absolute Gasteiger partial charge is 0.247 e. The third-order valence-corrected chi connectivity index (χ3v) is 5.41. The number of hydrogen-bond donors (Lipinski definition) is 3. The van der Waals surface area contributed by atoms with Crippen LogP contribution in [0.15, 0.2) is 49.4 Å². The Kier molecular flexibility index (Phi) is 5.07. The van der Waals surface area contributed by atoms with Crippen LogP contribution in [0.4, 0.5) is 17.3 Å². The van der Waals surface area contributed by atoms with Crippen molar-refractivity contribution in [1.82, 2.24) is 34.7 Å². The summed E-state index contributed by atoms with van der Waals surface area (Å²) in [5.74, 6) is 0.161. The molecule has 1 amide bonds.